The van der Waals surface area contributed by atoms with Crippen molar-refractivity contribution in [2.75, 3.05) is 19.0 Å². The molecule has 0 bridgehead atoms. The lowest BCUT2D eigenvalue weighted by molar-refractivity contribution is 0.591. The van der Waals surface area contributed by atoms with Gasteiger partial charge in [0.2, 0.25) is 0 Å². The second-order valence-corrected chi connectivity index (χ2v) is 10.6. The number of fused-ring (bicyclic) bond motifs is 3. The lowest BCUT2D eigenvalue weighted by Crippen LogP contribution is -2.14. The number of hydrogen-bond acceptors (Lipinski definition) is 2. The normalized spacial score (nSPS) is 11.7. The Balaban J connectivity index is 1.99. The van der Waals surface area contributed by atoms with Crippen LogP contribution in [-0.4, -0.2) is 18.7 Å². The fourth-order valence-corrected chi connectivity index (χ4v) is 4.94. The van der Waals surface area contributed by atoms with Crippen LogP contribution in [0.4, 0.5) is 5.69 Å². The lowest BCUT2D eigenvalue weighted by Gasteiger charge is -2.24. The molecule has 35 heavy (non-hydrogen) atoms. The third-order valence-corrected chi connectivity index (χ3v) is 6.80. The average molecular weight is 458 g/mol. The molecule has 5 rings (SSSR count). The molecule has 0 unspecified atom stereocenters. The molecule has 0 atom stereocenters. The van der Waals surface area contributed by atoms with Crippen LogP contribution in [0.15, 0.2) is 78.9 Å². The first-order chi connectivity index (χ1) is 16.7. The zero-order chi connectivity index (χ0) is 24.9. The van der Waals surface area contributed by atoms with Crippen molar-refractivity contribution in [2.24, 2.45) is 0 Å². The summed E-state index contributed by atoms with van der Waals surface area (Å²) in [6.45, 7) is 8.93. The van der Waals surface area contributed by atoms with E-state index in [0.29, 0.717) is 5.56 Å². The standard InChI is InChI=1S/C32H31N3/c1-21-12-14-28-26(16-21)27-19-24(32(2,3)4)13-15-29(27)35(28)31-25(23-10-8-7-9-11-23)17-22(20-33)18-30(31)34(5)6/h7-19H,1-6H3. The summed E-state index contributed by atoms with van der Waals surface area (Å²) in [7, 11) is 4.09. The Hall–Kier alpha value is -4.03. The Kier molecular flexibility index (Phi) is 5.41. The first-order valence-electron chi connectivity index (χ1n) is 12.1. The summed E-state index contributed by atoms with van der Waals surface area (Å²) in [4.78, 5) is 2.11. The predicted molar refractivity (Wildman–Crippen MR) is 149 cm³/mol. The molecule has 0 amide bonds. The van der Waals surface area contributed by atoms with Gasteiger partial charge in [-0.1, -0.05) is 68.8 Å². The molecule has 0 aliphatic rings. The number of nitriles is 1. The van der Waals surface area contributed by atoms with Gasteiger partial charge in [0, 0.05) is 30.4 Å². The van der Waals surface area contributed by atoms with Gasteiger partial charge in [-0.25, -0.2) is 0 Å². The third kappa shape index (κ3) is 3.86. The molecule has 1 heterocycles. The molecule has 0 spiro atoms. The van der Waals surface area contributed by atoms with Crippen LogP contribution in [0.3, 0.4) is 0 Å². The Morgan fingerprint density at radius 2 is 1.46 bits per heavy atom. The number of nitrogens with zero attached hydrogens (tertiary/aromatic N) is 3. The number of rotatable bonds is 3. The average Bonchev–Trinajstić information content (AvgIpc) is 3.15. The topological polar surface area (TPSA) is 32.0 Å². The van der Waals surface area contributed by atoms with Crippen LogP contribution in [-0.2, 0) is 5.41 Å². The second-order valence-electron chi connectivity index (χ2n) is 10.6. The maximum absolute atomic E-state index is 9.84. The van der Waals surface area contributed by atoms with Crippen molar-refractivity contribution in [3.05, 3.63) is 95.6 Å². The molecule has 5 aromatic rings. The Labute approximate surface area is 207 Å². The van der Waals surface area contributed by atoms with Gasteiger partial charge in [0.25, 0.3) is 0 Å². The molecular weight excluding hydrogens is 426 g/mol. The molecular formula is C32H31N3. The summed E-state index contributed by atoms with van der Waals surface area (Å²) >= 11 is 0. The summed E-state index contributed by atoms with van der Waals surface area (Å²) in [5.41, 5.74) is 9.87. The van der Waals surface area contributed by atoms with Crippen LogP contribution in [0.25, 0.3) is 38.6 Å². The number of aryl methyl sites for hydroxylation is 1. The first kappa shape index (κ1) is 22.7. The summed E-state index contributed by atoms with van der Waals surface area (Å²) in [6, 6.07) is 30.4. The molecule has 0 aliphatic heterocycles. The Bertz CT molecular complexity index is 1610. The van der Waals surface area contributed by atoms with Crippen LogP contribution in [0.1, 0.15) is 37.5 Å². The van der Waals surface area contributed by atoms with Crippen molar-refractivity contribution in [1.82, 2.24) is 4.57 Å². The molecule has 0 radical (unpaired) electrons. The molecule has 0 fully saturated rings. The van der Waals surface area contributed by atoms with E-state index in [-0.39, 0.29) is 5.41 Å². The van der Waals surface area contributed by atoms with Crippen LogP contribution >= 0.6 is 0 Å². The Morgan fingerprint density at radius 1 is 0.800 bits per heavy atom. The van der Waals surface area contributed by atoms with Gasteiger partial charge in [0.05, 0.1) is 34.0 Å². The summed E-state index contributed by atoms with van der Waals surface area (Å²) in [5, 5.41) is 12.3. The van der Waals surface area contributed by atoms with Gasteiger partial charge in [-0.05, 0) is 59.9 Å². The first-order valence-corrected chi connectivity index (χ1v) is 12.1. The molecule has 174 valence electrons. The van der Waals surface area contributed by atoms with Crippen LogP contribution in [0.5, 0.6) is 0 Å². The van der Waals surface area contributed by atoms with Gasteiger partial charge in [0.1, 0.15) is 0 Å². The van der Waals surface area contributed by atoms with E-state index in [2.05, 4.69) is 104 Å². The highest BCUT2D eigenvalue weighted by molar-refractivity contribution is 6.11. The van der Waals surface area contributed by atoms with Crippen molar-refractivity contribution in [3.63, 3.8) is 0 Å². The lowest BCUT2D eigenvalue weighted by atomic mass is 9.86. The smallest absolute Gasteiger partial charge is 0.0992 e. The fraction of sp³-hybridized carbons (Fsp3) is 0.219. The number of aromatic nitrogens is 1. The third-order valence-electron chi connectivity index (χ3n) is 6.80. The molecule has 0 aliphatic carbocycles. The number of benzene rings is 4. The van der Waals surface area contributed by atoms with Crippen molar-refractivity contribution in [2.45, 2.75) is 33.1 Å². The van der Waals surface area contributed by atoms with E-state index in [1.807, 2.05) is 32.3 Å². The highest BCUT2D eigenvalue weighted by Gasteiger charge is 2.22. The van der Waals surface area contributed by atoms with E-state index in [1.165, 1.54) is 32.9 Å². The molecule has 3 nitrogen and oxygen atoms in total. The SMILES string of the molecule is Cc1ccc2c(c1)c1cc(C(C)(C)C)ccc1n2-c1c(-c2ccccc2)cc(C#N)cc1N(C)C. The Morgan fingerprint density at radius 3 is 2.09 bits per heavy atom. The maximum Gasteiger partial charge on any atom is 0.0992 e. The zero-order valence-corrected chi connectivity index (χ0v) is 21.3. The molecule has 3 heteroatoms. The van der Waals surface area contributed by atoms with Gasteiger partial charge in [0.15, 0.2) is 0 Å². The number of hydrogen-bond donors (Lipinski definition) is 0. The van der Waals surface area contributed by atoms with E-state index in [1.54, 1.807) is 0 Å². The quantitative estimate of drug-likeness (QED) is 0.275. The van der Waals surface area contributed by atoms with E-state index in [9.17, 15) is 5.26 Å². The summed E-state index contributed by atoms with van der Waals surface area (Å²) in [6.07, 6.45) is 0. The van der Waals surface area contributed by atoms with Gasteiger partial charge < -0.3 is 9.47 Å². The molecule has 0 N–H and O–H groups in total. The van der Waals surface area contributed by atoms with E-state index in [4.69, 9.17) is 0 Å². The minimum absolute atomic E-state index is 0.0604. The molecule has 1 aromatic heterocycles. The minimum Gasteiger partial charge on any atom is -0.376 e. The van der Waals surface area contributed by atoms with E-state index < -0.39 is 0 Å². The largest absolute Gasteiger partial charge is 0.376 e. The summed E-state index contributed by atoms with van der Waals surface area (Å²) in [5.74, 6) is 0. The highest BCUT2D eigenvalue weighted by Crippen LogP contribution is 2.42. The molecule has 0 saturated heterocycles. The maximum atomic E-state index is 9.84. The van der Waals surface area contributed by atoms with Crippen molar-refractivity contribution in [3.8, 4) is 22.9 Å². The molecule has 0 saturated carbocycles. The van der Waals surface area contributed by atoms with Gasteiger partial charge in [-0.15, -0.1) is 0 Å². The van der Waals surface area contributed by atoms with Crippen molar-refractivity contribution >= 4 is 27.5 Å². The second kappa shape index (κ2) is 8.32. The monoisotopic (exact) mass is 457 g/mol. The zero-order valence-electron chi connectivity index (χ0n) is 21.3. The van der Waals surface area contributed by atoms with Crippen molar-refractivity contribution in [1.29, 1.82) is 5.26 Å². The van der Waals surface area contributed by atoms with Gasteiger partial charge in [-0.2, -0.15) is 5.26 Å². The van der Waals surface area contributed by atoms with Crippen LogP contribution in [0.2, 0.25) is 0 Å². The van der Waals surface area contributed by atoms with E-state index in [0.717, 1.165) is 22.5 Å². The molecule has 4 aromatic carbocycles. The van der Waals surface area contributed by atoms with Crippen LogP contribution in [0, 0.1) is 18.3 Å². The van der Waals surface area contributed by atoms with Crippen molar-refractivity contribution < 1.29 is 0 Å². The highest BCUT2D eigenvalue weighted by atomic mass is 15.1. The number of anilines is 1. The summed E-state index contributed by atoms with van der Waals surface area (Å²) < 4.78 is 2.38. The van der Waals surface area contributed by atoms with Gasteiger partial charge in [-0.3, -0.25) is 0 Å². The van der Waals surface area contributed by atoms with E-state index >= 15 is 0 Å². The van der Waals surface area contributed by atoms with Gasteiger partial charge >= 0.3 is 0 Å². The minimum atomic E-state index is 0.0604. The predicted octanol–water partition coefficient (Wildman–Crippen LogP) is 7.99. The van der Waals surface area contributed by atoms with Crippen LogP contribution < -0.4 is 4.90 Å². The fourth-order valence-electron chi connectivity index (χ4n) is 4.94.